The Morgan fingerprint density at radius 3 is 2.52 bits per heavy atom. The summed E-state index contributed by atoms with van der Waals surface area (Å²) in [5, 5.41) is 2.30. The molecule has 2 saturated carbocycles. The number of halogens is 1. The van der Waals surface area contributed by atoms with Gasteiger partial charge < -0.3 is 4.74 Å². The summed E-state index contributed by atoms with van der Waals surface area (Å²) in [5.41, 5.74) is 0.422. The molecule has 1 aromatic rings. The molecule has 2 aliphatic carbocycles. The minimum Gasteiger partial charge on any atom is -0.490 e. The quantitative estimate of drug-likeness (QED) is 0.361. The maximum atomic E-state index is 14.3. The number of carbonyl (C=O) groups excluding carboxylic acids is 2. The molecule has 182 valence electrons. The first-order valence-corrected chi connectivity index (χ1v) is 14.1. The standard InChI is InChI=1S/C25H34FNO5S/c26-21-10-9-20(15-22(21)32-16-18-6-3-4-7-18)25(11-12-25)17-33(30,31)13-5-1-2-8-19-14-23(28)27-24(19)29/h9-10,15,18-19H,1-8,11-14,16-17H2,(H,27,28,29). The molecule has 0 bridgehead atoms. The van der Waals surface area contributed by atoms with Gasteiger partial charge >= 0.3 is 0 Å². The average molecular weight is 480 g/mol. The van der Waals surface area contributed by atoms with Crippen LogP contribution in [0.3, 0.4) is 0 Å². The summed E-state index contributed by atoms with van der Waals surface area (Å²) in [7, 11) is -3.26. The number of unbranched alkanes of at least 4 members (excludes halogenated alkanes) is 2. The summed E-state index contributed by atoms with van der Waals surface area (Å²) < 4.78 is 45.7. The molecule has 1 aliphatic heterocycles. The van der Waals surface area contributed by atoms with Crippen molar-refractivity contribution in [3.8, 4) is 5.75 Å². The number of rotatable bonds is 12. The smallest absolute Gasteiger partial charge is 0.230 e. The summed E-state index contributed by atoms with van der Waals surface area (Å²) in [6, 6.07) is 4.81. The lowest BCUT2D eigenvalue weighted by Crippen LogP contribution is -2.23. The number of nitrogens with one attached hydrogen (secondary N) is 1. The fourth-order valence-corrected chi connectivity index (χ4v) is 7.30. The van der Waals surface area contributed by atoms with Crippen molar-refractivity contribution < 1.29 is 27.1 Å². The van der Waals surface area contributed by atoms with Crippen LogP contribution in [0.25, 0.3) is 0 Å². The predicted octanol–water partition coefficient (Wildman–Crippen LogP) is 4.06. The highest BCUT2D eigenvalue weighted by Gasteiger charge is 2.47. The van der Waals surface area contributed by atoms with Gasteiger partial charge in [-0.1, -0.05) is 31.7 Å². The number of sulfone groups is 1. The highest BCUT2D eigenvalue weighted by molar-refractivity contribution is 7.91. The third-order valence-electron chi connectivity index (χ3n) is 7.42. The van der Waals surface area contributed by atoms with E-state index >= 15 is 0 Å². The third kappa shape index (κ3) is 6.34. The second-order valence-electron chi connectivity index (χ2n) is 10.1. The van der Waals surface area contributed by atoms with Gasteiger partial charge in [0, 0.05) is 17.8 Å². The minimum absolute atomic E-state index is 0.0766. The van der Waals surface area contributed by atoms with Crippen LogP contribution >= 0.6 is 0 Å². The van der Waals surface area contributed by atoms with Gasteiger partial charge in [0.05, 0.1) is 18.1 Å². The van der Waals surface area contributed by atoms with E-state index in [-0.39, 0.29) is 41.4 Å². The van der Waals surface area contributed by atoms with E-state index < -0.39 is 21.1 Å². The van der Waals surface area contributed by atoms with Gasteiger partial charge in [0.1, 0.15) is 0 Å². The monoisotopic (exact) mass is 479 g/mol. The Labute approximate surface area is 195 Å². The lowest BCUT2D eigenvalue weighted by molar-refractivity contribution is -0.125. The number of hydrogen-bond donors (Lipinski definition) is 1. The van der Waals surface area contributed by atoms with Crippen LogP contribution in [-0.4, -0.2) is 38.3 Å². The van der Waals surface area contributed by atoms with Gasteiger partial charge in [-0.3, -0.25) is 14.9 Å². The van der Waals surface area contributed by atoms with Crippen molar-refractivity contribution >= 4 is 21.7 Å². The number of hydrogen-bond acceptors (Lipinski definition) is 5. The molecule has 6 nitrogen and oxygen atoms in total. The van der Waals surface area contributed by atoms with Gasteiger partial charge in [0.25, 0.3) is 0 Å². The lowest BCUT2D eigenvalue weighted by Gasteiger charge is -2.18. The topological polar surface area (TPSA) is 89.5 Å². The molecule has 33 heavy (non-hydrogen) atoms. The van der Waals surface area contributed by atoms with Crippen LogP contribution in [0.15, 0.2) is 18.2 Å². The fourth-order valence-electron chi connectivity index (χ4n) is 5.22. The van der Waals surface area contributed by atoms with Gasteiger partial charge in [0.2, 0.25) is 11.8 Å². The normalized spacial score (nSPS) is 22.5. The molecule has 4 rings (SSSR count). The SMILES string of the molecule is O=C1CC(CCCCCS(=O)(=O)CC2(c3ccc(F)c(OCC4CCCC4)c3)CC2)C(=O)N1. The molecule has 3 fully saturated rings. The van der Waals surface area contributed by atoms with Crippen molar-refractivity contribution in [1.29, 1.82) is 0 Å². The van der Waals surface area contributed by atoms with Crippen LogP contribution < -0.4 is 10.1 Å². The highest BCUT2D eigenvalue weighted by Crippen LogP contribution is 2.50. The Morgan fingerprint density at radius 1 is 1.09 bits per heavy atom. The average Bonchev–Trinajstić information content (AvgIpc) is 3.18. The molecule has 1 heterocycles. The zero-order valence-electron chi connectivity index (χ0n) is 19.1. The maximum Gasteiger partial charge on any atom is 0.230 e. The number of benzene rings is 1. The van der Waals surface area contributed by atoms with Crippen LogP contribution in [0, 0.1) is 17.7 Å². The number of ether oxygens (including phenoxy) is 1. The number of carbonyl (C=O) groups is 2. The van der Waals surface area contributed by atoms with Crippen molar-refractivity contribution in [3.05, 3.63) is 29.6 Å². The molecule has 3 aliphatic rings. The Morgan fingerprint density at radius 2 is 1.85 bits per heavy atom. The Bertz CT molecular complexity index is 983. The van der Waals surface area contributed by atoms with E-state index in [0.29, 0.717) is 31.8 Å². The van der Waals surface area contributed by atoms with Gasteiger partial charge in [-0.05, 0) is 62.1 Å². The summed E-state index contributed by atoms with van der Waals surface area (Å²) in [5.74, 6) is -0.210. The van der Waals surface area contributed by atoms with E-state index in [9.17, 15) is 22.4 Å². The van der Waals surface area contributed by atoms with Gasteiger partial charge in [-0.15, -0.1) is 0 Å². The first-order chi connectivity index (χ1) is 15.8. The molecule has 2 amide bonds. The van der Waals surface area contributed by atoms with E-state index in [2.05, 4.69) is 5.32 Å². The Hall–Kier alpha value is -1.96. The largest absolute Gasteiger partial charge is 0.490 e. The molecule has 1 saturated heterocycles. The van der Waals surface area contributed by atoms with Crippen LogP contribution in [0.2, 0.25) is 0 Å². The van der Waals surface area contributed by atoms with Crippen LogP contribution in [0.5, 0.6) is 5.75 Å². The molecule has 1 atom stereocenters. The summed E-state index contributed by atoms with van der Waals surface area (Å²) in [6.45, 7) is 0.516. The van der Waals surface area contributed by atoms with Crippen molar-refractivity contribution in [3.63, 3.8) is 0 Å². The van der Waals surface area contributed by atoms with Crippen LogP contribution in [0.4, 0.5) is 4.39 Å². The fraction of sp³-hybridized carbons (Fsp3) is 0.680. The van der Waals surface area contributed by atoms with E-state index in [1.807, 2.05) is 0 Å². The van der Waals surface area contributed by atoms with Gasteiger partial charge in [0.15, 0.2) is 21.4 Å². The van der Waals surface area contributed by atoms with Crippen molar-refractivity contribution in [2.24, 2.45) is 11.8 Å². The molecule has 1 N–H and O–H groups in total. The number of imide groups is 1. The first-order valence-electron chi connectivity index (χ1n) is 12.2. The molecule has 1 unspecified atom stereocenters. The molecule has 0 spiro atoms. The van der Waals surface area contributed by atoms with Gasteiger partial charge in [-0.2, -0.15) is 0 Å². The third-order valence-corrected chi connectivity index (χ3v) is 9.32. The Kier molecular flexibility index (Phi) is 7.41. The lowest BCUT2D eigenvalue weighted by atomic mass is 9.98. The number of amides is 2. The van der Waals surface area contributed by atoms with Crippen LogP contribution in [-0.2, 0) is 24.8 Å². The molecular weight excluding hydrogens is 445 g/mol. The van der Waals surface area contributed by atoms with Gasteiger partial charge in [-0.25, -0.2) is 12.8 Å². The van der Waals surface area contributed by atoms with E-state index in [1.165, 1.54) is 18.9 Å². The zero-order valence-corrected chi connectivity index (χ0v) is 19.9. The van der Waals surface area contributed by atoms with E-state index in [4.69, 9.17) is 4.74 Å². The molecule has 0 aromatic heterocycles. The minimum atomic E-state index is -3.26. The van der Waals surface area contributed by atoms with E-state index in [0.717, 1.165) is 37.7 Å². The second-order valence-corrected chi connectivity index (χ2v) is 12.3. The van der Waals surface area contributed by atoms with E-state index in [1.54, 1.807) is 12.1 Å². The highest BCUT2D eigenvalue weighted by atomic mass is 32.2. The maximum absolute atomic E-state index is 14.3. The molecular formula is C25H34FNO5S. The van der Waals surface area contributed by atoms with Crippen LogP contribution in [0.1, 0.15) is 76.2 Å². The summed E-state index contributed by atoms with van der Waals surface area (Å²) in [4.78, 5) is 22.8. The molecule has 8 heteroatoms. The first kappa shape index (κ1) is 24.2. The summed E-state index contributed by atoms with van der Waals surface area (Å²) in [6.07, 6.45) is 9.04. The predicted molar refractivity (Wildman–Crippen MR) is 123 cm³/mol. The Balaban J connectivity index is 1.26. The van der Waals surface area contributed by atoms with Crippen molar-refractivity contribution in [2.75, 3.05) is 18.1 Å². The van der Waals surface area contributed by atoms with Crippen molar-refractivity contribution in [1.82, 2.24) is 5.32 Å². The second kappa shape index (κ2) is 10.1. The summed E-state index contributed by atoms with van der Waals surface area (Å²) >= 11 is 0. The molecule has 1 aromatic carbocycles. The molecule has 0 radical (unpaired) electrons. The van der Waals surface area contributed by atoms with Crippen molar-refractivity contribution in [2.45, 2.75) is 76.0 Å². The zero-order chi connectivity index (χ0) is 23.5.